The Hall–Kier alpha value is -2.81. The zero-order valence-electron chi connectivity index (χ0n) is 15.1. The Bertz CT molecular complexity index is 784. The van der Waals surface area contributed by atoms with Crippen molar-refractivity contribution in [1.82, 2.24) is 10.2 Å². The molecule has 0 aliphatic rings. The normalized spacial score (nSPS) is 11.4. The highest BCUT2D eigenvalue weighted by molar-refractivity contribution is 5.78. The molecule has 0 aliphatic heterocycles. The lowest BCUT2D eigenvalue weighted by Crippen LogP contribution is -2.36. The van der Waals surface area contributed by atoms with Crippen LogP contribution in [0, 0.1) is 5.82 Å². The molecule has 1 amide bonds. The first-order chi connectivity index (χ1) is 13.2. The van der Waals surface area contributed by atoms with E-state index in [4.69, 9.17) is 4.74 Å². The maximum atomic E-state index is 13.4. The summed E-state index contributed by atoms with van der Waals surface area (Å²) in [6.07, 6.45) is -4.81. The number of rotatable bonds is 9. The third kappa shape index (κ3) is 7.43. The van der Waals surface area contributed by atoms with E-state index in [9.17, 15) is 22.4 Å². The van der Waals surface area contributed by atoms with Crippen molar-refractivity contribution >= 4 is 5.91 Å². The molecular weight excluding hydrogens is 380 g/mol. The molecule has 0 aromatic heterocycles. The molecule has 0 unspecified atom stereocenters. The number of hydrogen-bond donors (Lipinski definition) is 1. The van der Waals surface area contributed by atoms with Crippen molar-refractivity contribution in [2.24, 2.45) is 0 Å². The number of amides is 1. The van der Waals surface area contributed by atoms with Crippen LogP contribution in [0.2, 0.25) is 0 Å². The highest BCUT2D eigenvalue weighted by Gasteiger charge is 2.31. The van der Waals surface area contributed by atoms with Gasteiger partial charge in [-0.3, -0.25) is 9.69 Å². The number of carbonyl (C=O) groups excluding carboxylic acids is 1. The van der Waals surface area contributed by atoms with Gasteiger partial charge in [-0.2, -0.15) is 0 Å². The van der Waals surface area contributed by atoms with Crippen molar-refractivity contribution in [3.63, 3.8) is 0 Å². The molecule has 0 saturated carbocycles. The third-order valence-corrected chi connectivity index (χ3v) is 3.66. The summed E-state index contributed by atoms with van der Waals surface area (Å²) in [6.45, 7) is 0.427. The first-order valence-electron chi connectivity index (χ1n) is 8.41. The summed E-state index contributed by atoms with van der Waals surface area (Å²) in [6, 6.07) is 11.6. The van der Waals surface area contributed by atoms with Crippen LogP contribution in [0.1, 0.15) is 5.56 Å². The summed E-state index contributed by atoms with van der Waals surface area (Å²) in [7, 11) is 1.67. The fourth-order valence-corrected chi connectivity index (χ4v) is 2.32. The molecule has 28 heavy (non-hydrogen) atoms. The molecule has 1 N–H and O–H groups in total. The van der Waals surface area contributed by atoms with E-state index in [-0.39, 0.29) is 42.7 Å². The van der Waals surface area contributed by atoms with E-state index in [2.05, 4.69) is 10.1 Å². The number of hydrogen-bond acceptors (Lipinski definition) is 4. The minimum absolute atomic E-state index is 0.00290. The molecular formula is C19H20F4N2O3. The van der Waals surface area contributed by atoms with Crippen molar-refractivity contribution in [1.29, 1.82) is 0 Å². The van der Waals surface area contributed by atoms with E-state index >= 15 is 0 Å². The number of likely N-dealkylation sites (N-methyl/N-ethyl adjacent to an activating group) is 1. The molecule has 0 bridgehead atoms. The van der Waals surface area contributed by atoms with Gasteiger partial charge in [-0.25, -0.2) is 4.39 Å². The second-order valence-corrected chi connectivity index (χ2v) is 5.95. The SMILES string of the molecule is CN(CCOc1ccccc1F)CC(=O)NCc1ccccc1OC(F)(F)F. The molecule has 2 rings (SSSR count). The second-order valence-electron chi connectivity index (χ2n) is 5.95. The van der Waals surface area contributed by atoms with Gasteiger partial charge in [-0.05, 0) is 25.2 Å². The van der Waals surface area contributed by atoms with Gasteiger partial charge in [-0.15, -0.1) is 13.2 Å². The number of nitrogens with one attached hydrogen (secondary N) is 1. The van der Waals surface area contributed by atoms with Crippen LogP contribution in [0.5, 0.6) is 11.5 Å². The monoisotopic (exact) mass is 400 g/mol. The van der Waals surface area contributed by atoms with Gasteiger partial charge >= 0.3 is 6.36 Å². The predicted molar refractivity (Wildman–Crippen MR) is 94.4 cm³/mol. The lowest BCUT2D eigenvalue weighted by Gasteiger charge is -2.17. The summed E-state index contributed by atoms with van der Waals surface area (Å²) in [5.74, 6) is -1.08. The first-order valence-corrected chi connectivity index (χ1v) is 8.41. The Morgan fingerprint density at radius 3 is 2.39 bits per heavy atom. The van der Waals surface area contributed by atoms with Crippen molar-refractivity contribution in [3.8, 4) is 11.5 Å². The minimum Gasteiger partial charge on any atom is -0.489 e. The largest absolute Gasteiger partial charge is 0.573 e. The fourth-order valence-electron chi connectivity index (χ4n) is 2.32. The van der Waals surface area contributed by atoms with Gasteiger partial charge in [0.05, 0.1) is 6.54 Å². The lowest BCUT2D eigenvalue weighted by atomic mass is 10.2. The van der Waals surface area contributed by atoms with Crippen LogP contribution < -0.4 is 14.8 Å². The molecule has 0 atom stereocenters. The molecule has 0 heterocycles. The minimum atomic E-state index is -4.81. The average molecular weight is 400 g/mol. The molecule has 0 saturated heterocycles. The van der Waals surface area contributed by atoms with Crippen LogP contribution in [0.15, 0.2) is 48.5 Å². The van der Waals surface area contributed by atoms with Gasteiger partial charge in [0.25, 0.3) is 0 Å². The Kier molecular flexibility index (Phi) is 7.62. The second kappa shape index (κ2) is 9.93. The number of alkyl halides is 3. The van der Waals surface area contributed by atoms with Gasteiger partial charge in [0.1, 0.15) is 12.4 Å². The molecule has 5 nitrogen and oxygen atoms in total. The number of nitrogens with zero attached hydrogens (tertiary/aromatic N) is 1. The third-order valence-electron chi connectivity index (χ3n) is 3.66. The standard InChI is InChI=1S/C19H20F4N2O3/c1-25(10-11-27-17-9-5-3-7-15(17)20)13-18(26)24-12-14-6-2-4-8-16(14)28-19(21,22)23/h2-9H,10-13H2,1H3,(H,24,26). The maximum Gasteiger partial charge on any atom is 0.573 e. The van der Waals surface area contributed by atoms with Crippen molar-refractivity contribution in [3.05, 3.63) is 59.9 Å². The fraction of sp³-hybridized carbons (Fsp3) is 0.316. The van der Waals surface area contributed by atoms with Crippen molar-refractivity contribution in [2.45, 2.75) is 12.9 Å². The van der Waals surface area contributed by atoms with E-state index in [1.54, 1.807) is 30.1 Å². The summed E-state index contributed by atoms with van der Waals surface area (Å²) in [5.41, 5.74) is 0.207. The summed E-state index contributed by atoms with van der Waals surface area (Å²) in [4.78, 5) is 13.6. The zero-order chi connectivity index (χ0) is 20.6. The number of halogens is 4. The smallest absolute Gasteiger partial charge is 0.489 e. The topological polar surface area (TPSA) is 50.8 Å². The molecule has 2 aromatic rings. The molecule has 152 valence electrons. The number of ether oxygens (including phenoxy) is 2. The molecule has 0 spiro atoms. The van der Waals surface area contributed by atoms with E-state index in [1.165, 1.54) is 30.3 Å². The Balaban J connectivity index is 1.76. The highest BCUT2D eigenvalue weighted by Crippen LogP contribution is 2.26. The van der Waals surface area contributed by atoms with Crippen LogP contribution in [0.4, 0.5) is 17.6 Å². The van der Waals surface area contributed by atoms with Crippen LogP contribution in [0.25, 0.3) is 0 Å². The Morgan fingerprint density at radius 1 is 1.07 bits per heavy atom. The number of para-hydroxylation sites is 2. The van der Waals surface area contributed by atoms with Crippen molar-refractivity contribution in [2.75, 3.05) is 26.7 Å². The Labute approximate surface area is 159 Å². The Morgan fingerprint density at radius 2 is 1.71 bits per heavy atom. The van der Waals surface area contributed by atoms with Gasteiger partial charge in [0.2, 0.25) is 5.91 Å². The molecule has 0 aliphatic carbocycles. The van der Waals surface area contributed by atoms with E-state index in [1.807, 2.05) is 0 Å². The van der Waals surface area contributed by atoms with Crippen molar-refractivity contribution < 1.29 is 31.8 Å². The average Bonchev–Trinajstić information content (AvgIpc) is 2.61. The van der Waals surface area contributed by atoms with E-state index < -0.39 is 12.2 Å². The molecule has 9 heteroatoms. The van der Waals surface area contributed by atoms with Crippen LogP contribution in [0.3, 0.4) is 0 Å². The number of carbonyl (C=O) groups is 1. The van der Waals surface area contributed by atoms with E-state index in [0.29, 0.717) is 6.54 Å². The summed E-state index contributed by atoms with van der Waals surface area (Å²) < 4.78 is 59.9. The molecule has 0 radical (unpaired) electrons. The summed E-state index contributed by atoms with van der Waals surface area (Å²) >= 11 is 0. The molecule has 0 fully saturated rings. The molecule has 2 aromatic carbocycles. The van der Waals surface area contributed by atoms with Crippen LogP contribution in [-0.2, 0) is 11.3 Å². The zero-order valence-corrected chi connectivity index (χ0v) is 15.1. The lowest BCUT2D eigenvalue weighted by molar-refractivity contribution is -0.274. The van der Waals surface area contributed by atoms with Crippen LogP contribution in [-0.4, -0.2) is 43.9 Å². The first kappa shape index (κ1) is 21.5. The van der Waals surface area contributed by atoms with Gasteiger partial charge in [-0.1, -0.05) is 30.3 Å². The quantitative estimate of drug-likeness (QED) is 0.656. The number of benzene rings is 2. The van der Waals surface area contributed by atoms with Gasteiger partial charge in [0, 0.05) is 18.7 Å². The van der Waals surface area contributed by atoms with Crippen LogP contribution >= 0.6 is 0 Å². The van der Waals surface area contributed by atoms with Gasteiger partial charge < -0.3 is 14.8 Å². The maximum absolute atomic E-state index is 13.4. The van der Waals surface area contributed by atoms with E-state index in [0.717, 1.165) is 0 Å². The predicted octanol–water partition coefficient (Wildman–Crippen LogP) is 3.35. The van der Waals surface area contributed by atoms with Gasteiger partial charge in [0.15, 0.2) is 11.6 Å². The highest BCUT2D eigenvalue weighted by atomic mass is 19.4. The summed E-state index contributed by atoms with van der Waals surface area (Å²) in [5, 5.41) is 2.54.